The molecule has 0 atom stereocenters. The van der Waals surface area contributed by atoms with E-state index < -0.39 is 0 Å². The normalized spacial score (nSPS) is 14.0. The van der Waals surface area contributed by atoms with Crippen molar-refractivity contribution in [1.82, 2.24) is 24.6 Å². The summed E-state index contributed by atoms with van der Waals surface area (Å²) < 4.78 is 1.70. The number of amides is 1. The molecule has 138 valence electrons. The Morgan fingerprint density at radius 3 is 2.63 bits per heavy atom. The number of aromatic nitrogens is 4. The van der Waals surface area contributed by atoms with E-state index in [1.54, 1.807) is 10.9 Å². The van der Waals surface area contributed by atoms with E-state index in [1.165, 1.54) is 6.33 Å². The van der Waals surface area contributed by atoms with Gasteiger partial charge in [-0.2, -0.15) is 5.10 Å². The third kappa shape index (κ3) is 3.67. The predicted molar refractivity (Wildman–Crippen MR) is 102 cm³/mol. The van der Waals surface area contributed by atoms with Crippen LogP contribution in [0.2, 0.25) is 0 Å². The van der Waals surface area contributed by atoms with Crippen LogP contribution in [-0.2, 0) is 11.3 Å². The summed E-state index contributed by atoms with van der Waals surface area (Å²) >= 11 is 0. The number of carbonyl (C=O) groups is 1. The summed E-state index contributed by atoms with van der Waals surface area (Å²) in [6.45, 7) is 4.75. The molecule has 2 aromatic heterocycles. The molecule has 4 rings (SSSR count). The lowest BCUT2D eigenvalue weighted by Crippen LogP contribution is -2.54. The molecule has 1 aliphatic heterocycles. The van der Waals surface area contributed by atoms with Crippen molar-refractivity contribution in [3.8, 4) is 5.82 Å². The zero-order chi connectivity index (χ0) is 18.6. The van der Waals surface area contributed by atoms with Crippen molar-refractivity contribution in [1.29, 1.82) is 0 Å². The first kappa shape index (κ1) is 17.2. The van der Waals surface area contributed by atoms with Gasteiger partial charge < -0.3 is 9.80 Å². The van der Waals surface area contributed by atoms with Gasteiger partial charge in [0.1, 0.15) is 12.1 Å². The van der Waals surface area contributed by atoms with Crippen LogP contribution in [0.1, 0.15) is 12.5 Å². The van der Waals surface area contributed by atoms with Crippen LogP contribution in [0.25, 0.3) is 5.82 Å². The van der Waals surface area contributed by atoms with Crippen molar-refractivity contribution in [3.63, 3.8) is 0 Å². The molecule has 1 fully saturated rings. The Bertz CT molecular complexity index is 890. The Morgan fingerprint density at radius 1 is 1.15 bits per heavy atom. The van der Waals surface area contributed by atoms with Gasteiger partial charge in [-0.3, -0.25) is 4.79 Å². The first-order valence-corrected chi connectivity index (χ1v) is 9.14. The molecule has 0 aliphatic carbocycles. The second kappa shape index (κ2) is 7.57. The molecule has 3 heterocycles. The summed E-state index contributed by atoms with van der Waals surface area (Å²) in [5.74, 6) is 1.76. The van der Waals surface area contributed by atoms with E-state index in [1.807, 2.05) is 48.4 Å². The smallest absolute Gasteiger partial charge is 0.229 e. The SMILES string of the molecule is CCN(Cc1ccccc1)C(=O)C1CN(c2cc(-n3cccn3)ncn2)C1. The summed E-state index contributed by atoms with van der Waals surface area (Å²) in [6.07, 6.45) is 5.10. The van der Waals surface area contributed by atoms with Gasteiger partial charge in [0.05, 0.1) is 5.92 Å². The lowest BCUT2D eigenvalue weighted by molar-refractivity contribution is -0.136. The van der Waals surface area contributed by atoms with Crippen LogP contribution in [-0.4, -0.2) is 50.2 Å². The number of rotatable bonds is 6. The highest BCUT2D eigenvalue weighted by molar-refractivity contribution is 5.82. The van der Waals surface area contributed by atoms with Gasteiger partial charge in [-0.25, -0.2) is 14.6 Å². The van der Waals surface area contributed by atoms with Crippen molar-refractivity contribution in [2.45, 2.75) is 13.5 Å². The fourth-order valence-corrected chi connectivity index (χ4v) is 3.27. The largest absolute Gasteiger partial charge is 0.355 e. The summed E-state index contributed by atoms with van der Waals surface area (Å²) in [5, 5.41) is 4.20. The van der Waals surface area contributed by atoms with E-state index in [0.29, 0.717) is 26.2 Å². The number of hydrogen-bond acceptors (Lipinski definition) is 5. The molecule has 0 bridgehead atoms. The number of nitrogens with zero attached hydrogens (tertiary/aromatic N) is 6. The van der Waals surface area contributed by atoms with Gasteiger partial charge in [0.25, 0.3) is 0 Å². The molecular formula is C20H22N6O. The van der Waals surface area contributed by atoms with Gasteiger partial charge >= 0.3 is 0 Å². The minimum absolute atomic E-state index is 0.0109. The maximum Gasteiger partial charge on any atom is 0.229 e. The summed E-state index contributed by atoms with van der Waals surface area (Å²) in [7, 11) is 0. The van der Waals surface area contributed by atoms with Gasteiger partial charge in [-0.05, 0) is 18.6 Å². The van der Waals surface area contributed by atoms with Crippen molar-refractivity contribution in [2.24, 2.45) is 5.92 Å². The fraction of sp³-hybridized carbons (Fsp3) is 0.300. The van der Waals surface area contributed by atoms with Crippen LogP contribution < -0.4 is 4.90 Å². The van der Waals surface area contributed by atoms with E-state index in [2.05, 4.69) is 32.1 Å². The quantitative estimate of drug-likeness (QED) is 0.672. The van der Waals surface area contributed by atoms with E-state index >= 15 is 0 Å². The Hall–Kier alpha value is -3.22. The van der Waals surface area contributed by atoms with Crippen LogP contribution in [0.15, 0.2) is 61.2 Å². The lowest BCUT2D eigenvalue weighted by Gasteiger charge is -2.41. The minimum Gasteiger partial charge on any atom is -0.355 e. The topological polar surface area (TPSA) is 67.2 Å². The van der Waals surface area contributed by atoms with Crippen LogP contribution in [0.5, 0.6) is 0 Å². The van der Waals surface area contributed by atoms with E-state index in [9.17, 15) is 4.79 Å². The third-order valence-corrected chi connectivity index (χ3v) is 4.84. The molecule has 0 N–H and O–H groups in total. The molecule has 7 nitrogen and oxygen atoms in total. The van der Waals surface area contributed by atoms with Gasteiger partial charge in [0.15, 0.2) is 5.82 Å². The highest BCUT2D eigenvalue weighted by Gasteiger charge is 2.35. The monoisotopic (exact) mass is 362 g/mol. The number of carbonyl (C=O) groups excluding carboxylic acids is 1. The third-order valence-electron chi connectivity index (χ3n) is 4.84. The maximum atomic E-state index is 12.8. The highest BCUT2D eigenvalue weighted by Crippen LogP contribution is 2.25. The molecule has 0 radical (unpaired) electrons. The fourth-order valence-electron chi connectivity index (χ4n) is 3.27. The molecule has 7 heteroatoms. The average molecular weight is 362 g/mol. The lowest BCUT2D eigenvalue weighted by atomic mass is 9.98. The van der Waals surface area contributed by atoms with Crippen LogP contribution in [0.4, 0.5) is 5.82 Å². The van der Waals surface area contributed by atoms with Gasteiger partial charge in [-0.1, -0.05) is 30.3 Å². The van der Waals surface area contributed by atoms with Crippen molar-refractivity contribution in [3.05, 3.63) is 66.7 Å². The Balaban J connectivity index is 1.38. The van der Waals surface area contributed by atoms with Crippen molar-refractivity contribution < 1.29 is 4.79 Å². The summed E-state index contributed by atoms with van der Waals surface area (Å²) in [4.78, 5) is 25.5. The Morgan fingerprint density at radius 2 is 1.93 bits per heavy atom. The number of hydrogen-bond donors (Lipinski definition) is 0. The Labute approximate surface area is 158 Å². The molecule has 1 aliphatic rings. The number of anilines is 1. The molecule has 0 saturated carbocycles. The molecule has 1 aromatic carbocycles. The average Bonchev–Trinajstić information content (AvgIpc) is 3.21. The highest BCUT2D eigenvalue weighted by atomic mass is 16.2. The van der Waals surface area contributed by atoms with Gasteiger partial charge in [-0.15, -0.1) is 0 Å². The first-order chi connectivity index (χ1) is 13.2. The minimum atomic E-state index is 0.0109. The molecule has 3 aromatic rings. The van der Waals surface area contributed by atoms with Crippen LogP contribution >= 0.6 is 0 Å². The van der Waals surface area contributed by atoms with E-state index in [-0.39, 0.29) is 11.8 Å². The predicted octanol–water partition coefficient (Wildman–Crippen LogP) is 2.15. The molecular weight excluding hydrogens is 340 g/mol. The summed E-state index contributed by atoms with van der Waals surface area (Å²) in [5.41, 5.74) is 1.16. The van der Waals surface area contributed by atoms with E-state index in [0.717, 1.165) is 17.2 Å². The standard InChI is InChI=1S/C20H22N6O/c1-2-24(12-16-7-4-3-5-8-16)20(27)17-13-25(14-17)18-11-19(22-15-21-18)26-10-6-9-23-26/h3-11,15,17H,2,12-14H2,1H3. The number of benzene rings is 1. The van der Waals surface area contributed by atoms with Gasteiger partial charge in [0, 0.05) is 44.6 Å². The van der Waals surface area contributed by atoms with Crippen LogP contribution in [0.3, 0.4) is 0 Å². The summed E-state index contributed by atoms with van der Waals surface area (Å²) in [6, 6.07) is 13.9. The van der Waals surface area contributed by atoms with E-state index in [4.69, 9.17) is 0 Å². The molecule has 1 saturated heterocycles. The second-order valence-electron chi connectivity index (χ2n) is 6.62. The second-order valence-corrected chi connectivity index (χ2v) is 6.62. The first-order valence-electron chi connectivity index (χ1n) is 9.14. The van der Waals surface area contributed by atoms with Crippen LogP contribution in [0, 0.1) is 5.92 Å². The van der Waals surface area contributed by atoms with Crippen molar-refractivity contribution >= 4 is 11.7 Å². The molecule has 1 amide bonds. The van der Waals surface area contributed by atoms with Crippen molar-refractivity contribution in [2.75, 3.05) is 24.5 Å². The zero-order valence-electron chi connectivity index (χ0n) is 15.3. The molecule has 0 unspecified atom stereocenters. The maximum absolute atomic E-state index is 12.8. The van der Waals surface area contributed by atoms with Gasteiger partial charge in [0.2, 0.25) is 5.91 Å². The zero-order valence-corrected chi connectivity index (χ0v) is 15.3. The molecule has 0 spiro atoms. The molecule has 27 heavy (non-hydrogen) atoms. The Kier molecular flexibility index (Phi) is 4.82.